The number of anilines is 1. The fraction of sp³-hybridized carbons (Fsp3) is 0.455. The molecular formula is C11H11F3N2O3. The van der Waals surface area contributed by atoms with Crippen LogP contribution in [0.4, 0.5) is 19.0 Å². The van der Waals surface area contributed by atoms with Gasteiger partial charge in [-0.1, -0.05) is 0 Å². The summed E-state index contributed by atoms with van der Waals surface area (Å²) in [5.41, 5.74) is -2.46. The Morgan fingerprint density at radius 1 is 1.47 bits per heavy atom. The number of rotatable bonds is 2. The molecule has 2 rings (SSSR count). The number of halogens is 3. The number of pyridine rings is 1. The van der Waals surface area contributed by atoms with Crippen molar-refractivity contribution in [2.45, 2.75) is 25.1 Å². The third kappa shape index (κ3) is 2.56. The number of aromatic amines is 1. The maximum atomic E-state index is 12.4. The minimum atomic E-state index is -4.72. The number of nitrogens with zero attached hydrogens (tertiary/aromatic N) is 1. The summed E-state index contributed by atoms with van der Waals surface area (Å²) in [7, 11) is 0. The molecule has 1 unspecified atom stereocenters. The van der Waals surface area contributed by atoms with E-state index in [1.807, 2.05) is 0 Å². The predicted octanol–water partition coefficient (Wildman–Crippen LogP) is 1.45. The standard InChI is InChI=1S/C11H11F3N2O3/c12-11(13,14)6-5-15-9(4-8(6)17)16-3-1-2-7(16)10(18)19/h4-5,7H,1-3H2,(H,15,17)(H,18,19). The molecule has 0 amide bonds. The number of carbonyl (C=O) groups is 1. The lowest BCUT2D eigenvalue weighted by molar-refractivity contribution is -0.139. The van der Waals surface area contributed by atoms with Gasteiger partial charge in [0.2, 0.25) is 0 Å². The van der Waals surface area contributed by atoms with Crippen molar-refractivity contribution >= 4 is 11.8 Å². The number of nitrogens with one attached hydrogen (secondary N) is 1. The molecule has 1 aromatic rings. The molecule has 0 spiro atoms. The lowest BCUT2D eigenvalue weighted by Gasteiger charge is -2.23. The van der Waals surface area contributed by atoms with E-state index in [1.165, 1.54) is 4.90 Å². The summed E-state index contributed by atoms with van der Waals surface area (Å²) in [5.74, 6) is -0.957. The van der Waals surface area contributed by atoms with Crippen LogP contribution < -0.4 is 10.3 Å². The van der Waals surface area contributed by atoms with Crippen molar-refractivity contribution < 1.29 is 23.1 Å². The van der Waals surface area contributed by atoms with E-state index in [0.29, 0.717) is 25.6 Å². The summed E-state index contributed by atoms with van der Waals surface area (Å²) < 4.78 is 37.3. The van der Waals surface area contributed by atoms with Gasteiger partial charge in [0.1, 0.15) is 17.4 Å². The Hall–Kier alpha value is -1.99. The van der Waals surface area contributed by atoms with E-state index in [-0.39, 0.29) is 5.82 Å². The molecule has 1 aliphatic rings. The quantitative estimate of drug-likeness (QED) is 0.857. The molecule has 0 radical (unpaired) electrons. The van der Waals surface area contributed by atoms with Crippen LogP contribution in [0, 0.1) is 0 Å². The Balaban J connectivity index is 2.35. The summed E-state index contributed by atoms with van der Waals surface area (Å²) in [6.45, 7) is 0.387. The molecule has 0 bridgehead atoms. The van der Waals surface area contributed by atoms with Crippen molar-refractivity contribution in [2.24, 2.45) is 0 Å². The van der Waals surface area contributed by atoms with Gasteiger partial charge in [-0.25, -0.2) is 4.79 Å². The predicted molar refractivity (Wildman–Crippen MR) is 60.1 cm³/mol. The van der Waals surface area contributed by atoms with Crippen LogP contribution in [-0.4, -0.2) is 28.6 Å². The summed E-state index contributed by atoms with van der Waals surface area (Å²) in [6, 6.07) is -0.0169. The highest BCUT2D eigenvalue weighted by Gasteiger charge is 2.35. The van der Waals surface area contributed by atoms with Crippen molar-refractivity contribution in [1.29, 1.82) is 0 Å². The van der Waals surface area contributed by atoms with E-state index in [1.54, 1.807) is 0 Å². The molecule has 1 fully saturated rings. The molecule has 2 heterocycles. The zero-order valence-corrected chi connectivity index (χ0v) is 9.70. The number of hydrogen-bond donors (Lipinski definition) is 2. The smallest absolute Gasteiger partial charge is 0.421 e. The third-order valence-corrected chi connectivity index (χ3v) is 3.05. The van der Waals surface area contributed by atoms with E-state index < -0.39 is 29.2 Å². The number of aliphatic carboxylic acids is 1. The van der Waals surface area contributed by atoms with Gasteiger partial charge in [-0.05, 0) is 12.8 Å². The first-order valence-electron chi connectivity index (χ1n) is 5.60. The van der Waals surface area contributed by atoms with Crippen LogP contribution in [0.2, 0.25) is 0 Å². The van der Waals surface area contributed by atoms with Crippen LogP contribution in [0.5, 0.6) is 0 Å². The minimum Gasteiger partial charge on any atom is -0.480 e. The van der Waals surface area contributed by atoms with Crippen molar-refractivity contribution in [3.8, 4) is 0 Å². The van der Waals surface area contributed by atoms with Crippen molar-refractivity contribution in [3.63, 3.8) is 0 Å². The Morgan fingerprint density at radius 3 is 2.68 bits per heavy atom. The molecule has 1 aliphatic heterocycles. The monoisotopic (exact) mass is 276 g/mol. The van der Waals surface area contributed by atoms with E-state index >= 15 is 0 Å². The molecule has 104 valence electrons. The van der Waals surface area contributed by atoms with Gasteiger partial charge in [-0.3, -0.25) is 4.79 Å². The first kappa shape index (κ1) is 13.4. The van der Waals surface area contributed by atoms with Crippen LogP contribution in [0.3, 0.4) is 0 Å². The van der Waals surface area contributed by atoms with Crippen LogP contribution in [0.15, 0.2) is 17.1 Å². The molecule has 0 saturated carbocycles. The second kappa shape index (κ2) is 4.60. The third-order valence-electron chi connectivity index (χ3n) is 3.05. The highest BCUT2D eigenvalue weighted by Crippen LogP contribution is 2.28. The fourth-order valence-electron chi connectivity index (χ4n) is 2.16. The Kier molecular flexibility index (Phi) is 3.25. The van der Waals surface area contributed by atoms with Gasteiger partial charge in [0.15, 0.2) is 5.43 Å². The number of hydrogen-bond acceptors (Lipinski definition) is 3. The minimum absolute atomic E-state index is 0.0999. The molecule has 0 aliphatic carbocycles. The topological polar surface area (TPSA) is 73.4 Å². The zero-order valence-electron chi connectivity index (χ0n) is 9.70. The molecule has 1 saturated heterocycles. The van der Waals surface area contributed by atoms with Crippen molar-refractivity contribution in [3.05, 3.63) is 28.0 Å². The lowest BCUT2D eigenvalue weighted by atomic mass is 10.2. The average molecular weight is 276 g/mol. The number of aromatic nitrogens is 1. The molecule has 8 heteroatoms. The highest BCUT2D eigenvalue weighted by molar-refractivity contribution is 5.78. The Morgan fingerprint density at radius 2 is 2.16 bits per heavy atom. The first-order chi connectivity index (χ1) is 8.80. The van der Waals surface area contributed by atoms with Gasteiger partial charge in [0.05, 0.1) is 0 Å². The van der Waals surface area contributed by atoms with Gasteiger partial charge in [-0.15, -0.1) is 0 Å². The average Bonchev–Trinajstić information content (AvgIpc) is 2.75. The van der Waals surface area contributed by atoms with Crippen molar-refractivity contribution in [1.82, 2.24) is 4.98 Å². The molecular weight excluding hydrogens is 265 g/mol. The fourth-order valence-corrected chi connectivity index (χ4v) is 2.16. The highest BCUT2D eigenvalue weighted by atomic mass is 19.4. The number of carboxylic acids is 1. The number of carboxylic acid groups (broad SMARTS) is 1. The maximum absolute atomic E-state index is 12.4. The van der Waals surface area contributed by atoms with Crippen LogP contribution >= 0.6 is 0 Å². The SMILES string of the molecule is O=C(O)C1CCCN1c1cc(=O)c(C(F)(F)F)c[nH]1. The van der Waals surface area contributed by atoms with Crippen LogP contribution in [0.1, 0.15) is 18.4 Å². The molecule has 0 aromatic carbocycles. The zero-order chi connectivity index (χ0) is 14.2. The van der Waals surface area contributed by atoms with Crippen LogP contribution in [0.25, 0.3) is 0 Å². The van der Waals surface area contributed by atoms with Gasteiger partial charge >= 0.3 is 12.1 Å². The molecule has 2 N–H and O–H groups in total. The van der Waals surface area contributed by atoms with Gasteiger partial charge in [-0.2, -0.15) is 13.2 Å². The summed E-state index contributed by atoms with van der Waals surface area (Å²) in [4.78, 5) is 26.1. The maximum Gasteiger partial charge on any atom is 0.421 e. The second-order valence-corrected chi connectivity index (χ2v) is 4.28. The summed E-state index contributed by atoms with van der Waals surface area (Å²) >= 11 is 0. The van der Waals surface area contributed by atoms with Crippen LogP contribution in [-0.2, 0) is 11.0 Å². The summed E-state index contributed by atoms with van der Waals surface area (Å²) in [6.07, 6.45) is -3.13. The normalized spacial score (nSPS) is 19.7. The second-order valence-electron chi connectivity index (χ2n) is 4.28. The molecule has 1 aromatic heterocycles. The Labute approximate surface area is 105 Å². The van der Waals surface area contributed by atoms with E-state index in [4.69, 9.17) is 5.11 Å². The van der Waals surface area contributed by atoms with Gasteiger partial charge in [0, 0.05) is 18.8 Å². The Bertz CT molecular complexity index is 553. The van der Waals surface area contributed by atoms with E-state index in [2.05, 4.69) is 4.98 Å². The summed E-state index contributed by atoms with van der Waals surface area (Å²) in [5, 5.41) is 8.98. The first-order valence-corrected chi connectivity index (χ1v) is 5.60. The van der Waals surface area contributed by atoms with Crippen molar-refractivity contribution in [2.75, 3.05) is 11.4 Å². The van der Waals surface area contributed by atoms with E-state index in [9.17, 15) is 22.8 Å². The molecule has 19 heavy (non-hydrogen) atoms. The number of alkyl halides is 3. The lowest BCUT2D eigenvalue weighted by Crippen LogP contribution is -2.37. The molecule has 1 atom stereocenters. The van der Waals surface area contributed by atoms with E-state index in [0.717, 1.165) is 6.07 Å². The van der Waals surface area contributed by atoms with Gasteiger partial charge < -0.3 is 15.0 Å². The van der Waals surface area contributed by atoms with Gasteiger partial charge in [0.25, 0.3) is 0 Å². The largest absolute Gasteiger partial charge is 0.480 e. The number of H-pyrrole nitrogens is 1. The molecule has 5 nitrogen and oxygen atoms in total.